The number of benzene rings is 2. The van der Waals surface area contributed by atoms with Crippen molar-refractivity contribution in [2.75, 3.05) is 7.11 Å². The van der Waals surface area contributed by atoms with Crippen molar-refractivity contribution in [2.45, 2.75) is 0 Å². The van der Waals surface area contributed by atoms with E-state index < -0.39 is 5.82 Å². The van der Waals surface area contributed by atoms with Gasteiger partial charge in [-0.3, -0.25) is 4.79 Å². The predicted molar refractivity (Wildman–Crippen MR) is 80.5 cm³/mol. The van der Waals surface area contributed by atoms with Gasteiger partial charge in [0.15, 0.2) is 5.78 Å². The molecule has 6 heteroatoms. The van der Waals surface area contributed by atoms with Gasteiger partial charge >= 0.3 is 0 Å². The summed E-state index contributed by atoms with van der Waals surface area (Å²) in [5, 5.41) is 0.498. The van der Waals surface area contributed by atoms with E-state index in [4.69, 9.17) is 27.9 Å². The number of rotatable bonds is 3. The van der Waals surface area contributed by atoms with Gasteiger partial charge in [-0.05, 0) is 40.2 Å². The summed E-state index contributed by atoms with van der Waals surface area (Å²) in [6.45, 7) is 0. The molecule has 0 aromatic heterocycles. The van der Waals surface area contributed by atoms with Crippen molar-refractivity contribution in [2.24, 2.45) is 0 Å². The number of hydrogen-bond acceptors (Lipinski definition) is 2. The molecule has 0 atom stereocenters. The van der Waals surface area contributed by atoms with Crippen LogP contribution in [-0.4, -0.2) is 12.9 Å². The molecule has 0 N–H and O–H groups in total. The van der Waals surface area contributed by atoms with Crippen LogP contribution in [0.25, 0.3) is 0 Å². The van der Waals surface area contributed by atoms with Gasteiger partial charge in [0.25, 0.3) is 0 Å². The molecule has 2 aromatic rings. The molecule has 0 amide bonds. The van der Waals surface area contributed by atoms with Crippen LogP contribution in [0, 0.1) is 5.82 Å². The second kappa shape index (κ2) is 6.12. The summed E-state index contributed by atoms with van der Waals surface area (Å²) >= 11 is 15.1. The summed E-state index contributed by atoms with van der Waals surface area (Å²) in [7, 11) is 1.45. The molecule has 104 valence electrons. The first-order chi connectivity index (χ1) is 9.43. The number of ketones is 1. The SMILES string of the molecule is COc1cc(Cl)c(C(=O)c2ccc(F)c(Br)c2)cc1Cl. The first kappa shape index (κ1) is 15.3. The number of carbonyl (C=O) groups is 1. The van der Waals surface area contributed by atoms with Crippen LogP contribution < -0.4 is 4.74 Å². The van der Waals surface area contributed by atoms with E-state index in [1.165, 1.54) is 37.4 Å². The average Bonchev–Trinajstić information content (AvgIpc) is 2.43. The number of ether oxygens (including phenoxy) is 1. The zero-order valence-electron chi connectivity index (χ0n) is 10.2. The summed E-state index contributed by atoms with van der Waals surface area (Å²) in [6, 6.07) is 6.89. The Hall–Kier alpha value is -1.10. The van der Waals surface area contributed by atoms with E-state index in [1.807, 2.05) is 0 Å². The van der Waals surface area contributed by atoms with Gasteiger partial charge < -0.3 is 4.74 Å². The molecule has 0 bridgehead atoms. The van der Waals surface area contributed by atoms with Gasteiger partial charge in [-0.2, -0.15) is 0 Å². The van der Waals surface area contributed by atoms with Crippen LogP contribution in [-0.2, 0) is 0 Å². The summed E-state index contributed by atoms with van der Waals surface area (Å²) in [4.78, 5) is 12.4. The lowest BCUT2D eigenvalue weighted by atomic mass is 10.0. The van der Waals surface area contributed by atoms with Gasteiger partial charge in [0, 0.05) is 17.2 Å². The fraction of sp³-hybridized carbons (Fsp3) is 0.0714. The fourth-order valence-electron chi connectivity index (χ4n) is 1.65. The highest BCUT2D eigenvalue weighted by Crippen LogP contribution is 2.32. The molecule has 0 radical (unpaired) electrons. The van der Waals surface area contributed by atoms with Gasteiger partial charge in [0.1, 0.15) is 11.6 Å². The topological polar surface area (TPSA) is 26.3 Å². The zero-order valence-corrected chi connectivity index (χ0v) is 13.3. The van der Waals surface area contributed by atoms with Gasteiger partial charge in [0.2, 0.25) is 0 Å². The molecule has 0 unspecified atom stereocenters. The molecule has 0 saturated carbocycles. The fourth-order valence-corrected chi connectivity index (χ4v) is 2.51. The third-order valence-electron chi connectivity index (χ3n) is 2.67. The van der Waals surface area contributed by atoms with Crippen molar-refractivity contribution >= 4 is 44.9 Å². The lowest BCUT2D eigenvalue weighted by Crippen LogP contribution is -2.03. The summed E-state index contributed by atoms with van der Waals surface area (Å²) in [6.07, 6.45) is 0. The molecular weight excluding hydrogens is 370 g/mol. The molecule has 20 heavy (non-hydrogen) atoms. The number of methoxy groups -OCH3 is 1. The molecule has 0 fully saturated rings. The maximum absolute atomic E-state index is 13.2. The highest BCUT2D eigenvalue weighted by molar-refractivity contribution is 9.10. The van der Waals surface area contributed by atoms with Crippen molar-refractivity contribution in [3.63, 3.8) is 0 Å². The van der Waals surface area contributed by atoms with Gasteiger partial charge in [-0.25, -0.2) is 4.39 Å². The highest BCUT2D eigenvalue weighted by Gasteiger charge is 2.17. The molecular formula is C14H8BrCl2FO2. The third-order valence-corrected chi connectivity index (χ3v) is 3.88. The first-order valence-electron chi connectivity index (χ1n) is 5.47. The highest BCUT2D eigenvalue weighted by atomic mass is 79.9. The summed E-state index contributed by atoms with van der Waals surface area (Å²) < 4.78 is 18.4. The molecule has 0 aliphatic heterocycles. The van der Waals surface area contributed by atoms with Crippen LogP contribution in [0.1, 0.15) is 15.9 Å². The van der Waals surface area contributed by atoms with E-state index in [-0.39, 0.29) is 25.9 Å². The van der Waals surface area contributed by atoms with E-state index in [9.17, 15) is 9.18 Å². The zero-order chi connectivity index (χ0) is 14.9. The van der Waals surface area contributed by atoms with Crippen LogP contribution in [0.15, 0.2) is 34.8 Å². The minimum absolute atomic E-state index is 0.207. The lowest BCUT2D eigenvalue weighted by Gasteiger charge is -2.08. The maximum atomic E-state index is 13.2. The quantitative estimate of drug-likeness (QED) is 0.692. The van der Waals surface area contributed by atoms with Crippen molar-refractivity contribution in [1.82, 2.24) is 0 Å². The van der Waals surface area contributed by atoms with Crippen molar-refractivity contribution in [3.8, 4) is 5.75 Å². The van der Waals surface area contributed by atoms with Crippen LogP contribution in [0.2, 0.25) is 10.0 Å². The Morgan fingerprint density at radius 2 is 1.90 bits per heavy atom. The normalized spacial score (nSPS) is 10.4. The molecule has 0 spiro atoms. The van der Waals surface area contributed by atoms with Crippen LogP contribution >= 0.6 is 39.1 Å². The van der Waals surface area contributed by atoms with E-state index in [2.05, 4.69) is 15.9 Å². The Morgan fingerprint density at radius 1 is 1.20 bits per heavy atom. The maximum Gasteiger partial charge on any atom is 0.194 e. The number of halogens is 4. The number of carbonyl (C=O) groups excluding carboxylic acids is 1. The molecule has 0 aliphatic carbocycles. The Morgan fingerprint density at radius 3 is 2.50 bits per heavy atom. The van der Waals surface area contributed by atoms with E-state index >= 15 is 0 Å². The molecule has 0 saturated heterocycles. The van der Waals surface area contributed by atoms with Crippen LogP contribution in [0.4, 0.5) is 4.39 Å². The molecule has 2 rings (SSSR count). The second-order valence-corrected chi connectivity index (χ2v) is 5.59. The molecule has 0 heterocycles. The largest absolute Gasteiger partial charge is 0.495 e. The standard InChI is InChI=1S/C14H8BrCl2FO2/c1-20-13-6-10(16)8(5-11(13)17)14(19)7-2-3-12(18)9(15)4-7/h2-6H,1H3. The minimum atomic E-state index is -0.444. The molecule has 2 nitrogen and oxygen atoms in total. The van der Waals surface area contributed by atoms with Gasteiger partial charge in [-0.15, -0.1) is 0 Å². The van der Waals surface area contributed by atoms with E-state index in [0.29, 0.717) is 11.3 Å². The average molecular weight is 378 g/mol. The molecule has 2 aromatic carbocycles. The smallest absolute Gasteiger partial charge is 0.194 e. The van der Waals surface area contributed by atoms with Crippen LogP contribution in [0.5, 0.6) is 5.75 Å². The van der Waals surface area contributed by atoms with E-state index in [0.717, 1.165) is 0 Å². The summed E-state index contributed by atoms with van der Waals surface area (Å²) in [5.74, 6) is -0.408. The first-order valence-corrected chi connectivity index (χ1v) is 7.01. The second-order valence-electron chi connectivity index (χ2n) is 3.92. The number of hydrogen-bond donors (Lipinski definition) is 0. The Bertz CT molecular complexity index is 689. The van der Waals surface area contributed by atoms with E-state index in [1.54, 1.807) is 0 Å². The third kappa shape index (κ3) is 2.97. The monoisotopic (exact) mass is 376 g/mol. The molecule has 0 aliphatic rings. The predicted octanol–water partition coefficient (Wildman–Crippen LogP) is 5.13. The Labute approximate surface area is 133 Å². The minimum Gasteiger partial charge on any atom is -0.495 e. The van der Waals surface area contributed by atoms with Gasteiger partial charge in [-0.1, -0.05) is 23.2 Å². The Kier molecular flexibility index (Phi) is 4.68. The van der Waals surface area contributed by atoms with Crippen molar-refractivity contribution < 1.29 is 13.9 Å². The summed E-state index contributed by atoms with van der Waals surface area (Å²) in [5.41, 5.74) is 0.539. The Balaban J connectivity index is 2.48. The van der Waals surface area contributed by atoms with Crippen LogP contribution in [0.3, 0.4) is 0 Å². The van der Waals surface area contributed by atoms with Gasteiger partial charge in [0.05, 0.1) is 21.6 Å². The lowest BCUT2D eigenvalue weighted by molar-refractivity contribution is 0.103. The van der Waals surface area contributed by atoms with Crippen molar-refractivity contribution in [3.05, 3.63) is 61.8 Å². The van der Waals surface area contributed by atoms with Crippen molar-refractivity contribution in [1.29, 1.82) is 0 Å².